The Morgan fingerprint density at radius 3 is 2.80 bits per heavy atom. The molecular weight excluding hydrogens is 386 g/mol. The van der Waals surface area contributed by atoms with E-state index < -0.39 is 6.23 Å². The van der Waals surface area contributed by atoms with Gasteiger partial charge in [0.15, 0.2) is 5.65 Å². The van der Waals surface area contributed by atoms with Gasteiger partial charge < -0.3 is 14.6 Å². The molecule has 9 nitrogen and oxygen atoms in total. The number of hydrazine groups is 1. The summed E-state index contributed by atoms with van der Waals surface area (Å²) in [5.41, 5.74) is 8.66. The Bertz CT molecular complexity index is 1010. The first-order valence-electron chi connectivity index (χ1n) is 9.78. The Morgan fingerprint density at radius 2 is 2.07 bits per heavy atom. The minimum absolute atomic E-state index is 0.110. The molecule has 4 rings (SSSR count). The Labute approximate surface area is 174 Å². The molecule has 4 atom stereocenters. The van der Waals surface area contributed by atoms with E-state index in [9.17, 15) is 9.90 Å². The molecule has 1 aliphatic heterocycles. The number of rotatable bonds is 7. The van der Waals surface area contributed by atoms with Crippen molar-refractivity contribution in [2.75, 3.05) is 14.2 Å². The van der Waals surface area contributed by atoms with E-state index in [1.54, 1.807) is 36.3 Å². The third-order valence-corrected chi connectivity index (χ3v) is 5.65. The first-order chi connectivity index (χ1) is 14.6. The maximum atomic E-state index is 12.2. The molecule has 0 bridgehead atoms. The number of hydrogen-bond donors (Lipinski definition) is 3. The summed E-state index contributed by atoms with van der Waals surface area (Å²) in [4.78, 5) is 16.7. The van der Waals surface area contributed by atoms with Gasteiger partial charge in [-0.25, -0.2) is 14.9 Å². The Kier molecular flexibility index (Phi) is 5.93. The fraction of sp³-hybridized carbons (Fsp3) is 0.381. The van der Waals surface area contributed by atoms with Crippen LogP contribution in [0.5, 0.6) is 5.75 Å². The minimum Gasteiger partial charge on any atom is -0.497 e. The highest BCUT2D eigenvalue weighted by Crippen LogP contribution is 2.37. The number of hydrogen-bond acceptors (Lipinski definition) is 8. The number of fused-ring (bicyclic) bond motifs is 1. The number of aliphatic hydroxyl groups excluding tert-OH is 1. The van der Waals surface area contributed by atoms with Crippen molar-refractivity contribution >= 4 is 11.6 Å². The molecule has 0 saturated carbocycles. The smallest absolute Gasteiger partial charge is 0.306 e. The van der Waals surface area contributed by atoms with E-state index in [-0.39, 0.29) is 30.3 Å². The Hall–Kier alpha value is -3.01. The maximum Gasteiger partial charge on any atom is 0.306 e. The van der Waals surface area contributed by atoms with Gasteiger partial charge in [-0.1, -0.05) is 12.1 Å². The number of benzene rings is 1. The van der Waals surface area contributed by atoms with E-state index in [2.05, 4.69) is 20.9 Å². The van der Waals surface area contributed by atoms with Crippen LogP contribution < -0.4 is 15.6 Å². The summed E-state index contributed by atoms with van der Waals surface area (Å²) in [5.74, 6) is -0.210. The van der Waals surface area contributed by atoms with E-state index in [0.717, 1.165) is 16.9 Å². The second-order valence-electron chi connectivity index (χ2n) is 7.34. The topological polar surface area (TPSA) is 110 Å². The lowest BCUT2D eigenvalue weighted by Gasteiger charge is -2.28. The summed E-state index contributed by atoms with van der Waals surface area (Å²) in [6, 6.07) is 9.47. The third-order valence-electron chi connectivity index (χ3n) is 5.65. The quantitative estimate of drug-likeness (QED) is 0.495. The summed E-state index contributed by atoms with van der Waals surface area (Å²) in [5, 5.41) is 15.1. The molecule has 1 saturated heterocycles. The van der Waals surface area contributed by atoms with Crippen LogP contribution in [-0.4, -0.2) is 52.2 Å². The van der Waals surface area contributed by atoms with Gasteiger partial charge in [0.25, 0.3) is 0 Å². The lowest BCUT2D eigenvalue weighted by Crippen LogP contribution is -2.36. The van der Waals surface area contributed by atoms with Crippen LogP contribution >= 0.6 is 0 Å². The largest absolute Gasteiger partial charge is 0.497 e. The number of nitrogens with one attached hydrogen (secondary N) is 2. The molecule has 0 spiro atoms. The highest BCUT2D eigenvalue weighted by atomic mass is 16.5. The average molecular weight is 411 g/mol. The monoisotopic (exact) mass is 411 g/mol. The maximum absolute atomic E-state index is 12.2. The van der Waals surface area contributed by atoms with Crippen molar-refractivity contribution in [1.82, 2.24) is 25.4 Å². The number of esters is 1. The number of carbonyl (C=O) groups is 1. The van der Waals surface area contributed by atoms with Crippen molar-refractivity contribution in [3.63, 3.8) is 0 Å². The molecule has 2 aromatic heterocycles. The van der Waals surface area contributed by atoms with Crippen LogP contribution in [0.2, 0.25) is 0 Å². The highest BCUT2D eigenvalue weighted by Gasteiger charge is 2.43. The van der Waals surface area contributed by atoms with E-state index in [1.165, 1.54) is 7.11 Å². The van der Waals surface area contributed by atoms with Crippen LogP contribution in [0, 0.1) is 5.92 Å². The fourth-order valence-corrected chi connectivity index (χ4v) is 4.13. The van der Waals surface area contributed by atoms with Gasteiger partial charge in [0.1, 0.15) is 12.0 Å². The minimum atomic E-state index is -0.846. The number of carbonyl (C=O) groups excluding carboxylic acids is 1. The SMILES string of the molecule is COC(=O)CC(c1cnn2cccnc12)C1C(O)NNC1Cc1ccc(OC)cc1. The Balaban J connectivity index is 1.67. The van der Waals surface area contributed by atoms with Crippen LogP contribution in [0.25, 0.3) is 5.65 Å². The summed E-state index contributed by atoms with van der Waals surface area (Å²) in [6.07, 6.45) is 5.12. The molecular formula is C21H25N5O4. The summed E-state index contributed by atoms with van der Waals surface area (Å²) in [7, 11) is 3.00. The Morgan fingerprint density at radius 1 is 1.27 bits per heavy atom. The predicted molar refractivity (Wildman–Crippen MR) is 109 cm³/mol. The summed E-state index contributed by atoms with van der Waals surface area (Å²) < 4.78 is 11.8. The van der Waals surface area contributed by atoms with Gasteiger partial charge in [0.05, 0.1) is 26.8 Å². The molecule has 3 N–H and O–H groups in total. The van der Waals surface area contributed by atoms with E-state index in [0.29, 0.717) is 12.1 Å². The fourth-order valence-electron chi connectivity index (χ4n) is 4.13. The van der Waals surface area contributed by atoms with Gasteiger partial charge in [-0.15, -0.1) is 0 Å². The highest BCUT2D eigenvalue weighted by molar-refractivity contribution is 5.71. The van der Waals surface area contributed by atoms with Gasteiger partial charge in [0, 0.05) is 35.8 Å². The van der Waals surface area contributed by atoms with Crippen molar-refractivity contribution in [3.8, 4) is 5.75 Å². The van der Waals surface area contributed by atoms with E-state index in [4.69, 9.17) is 9.47 Å². The molecule has 158 valence electrons. The predicted octanol–water partition coefficient (Wildman–Crippen LogP) is 1.04. The molecule has 1 fully saturated rings. The van der Waals surface area contributed by atoms with Crippen LogP contribution in [0.15, 0.2) is 48.9 Å². The zero-order valence-corrected chi connectivity index (χ0v) is 16.9. The number of aliphatic hydroxyl groups is 1. The van der Waals surface area contributed by atoms with Crippen molar-refractivity contribution < 1.29 is 19.4 Å². The van der Waals surface area contributed by atoms with Gasteiger partial charge in [-0.05, 0) is 30.2 Å². The standard InChI is InChI=1S/C21H25N5O4/c1-29-14-6-4-13(5-7-14)10-17-19(21(28)25-24-17)15(11-18(27)30-2)16-12-23-26-9-3-8-22-20(16)26/h3-9,12,15,17,19,21,24-25,28H,10-11H2,1-2H3. The molecule has 0 amide bonds. The second kappa shape index (κ2) is 8.78. The second-order valence-corrected chi connectivity index (χ2v) is 7.34. The third kappa shape index (κ3) is 4.00. The van der Waals surface area contributed by atoms with Crippen LogP contribution in [0.4, 0.5) is 0 Å². The van der Waals surface area contributed by atoms with E-state index in [1.807, 2.05) is 24.3 Å². The van der Waals surface area contributed by atoms with Crippen molar-refractivity contribution in [3.05, 3.63) is 60.0 Å². The molecule has 3 heterocycles. The van der Waals surface area contributed by atoms with Crippen molar-refractivity contribution in [2.24, 2.45) is 5.92 Å². The average Bonchev–Trinajstić information content (AvgIpc) is 3.36. The lowest BCUT2D eigenvalue weighted by molar-refractivity contribution is -0.141. The summed E-state index contributed by atoms with van der Waals surface area (Å²) >= 11 is 0. The normalized spacial score (nSPS) is 22.2. The number of methoxy groups -OCH3 is 2. The van der Waals surface area contributed by atoms with Crippen LogP contribution in [0.1, 0.15) is 23.5 Å². The molecule has 1 aromatic carbocycles. The number of ether oxygens (including phenoxy) is 2. The zero-order chi connectivity index (χ0) is 21.1. The summed E-state index contributed by atoms with van der Waals surface area (Å²) in [6.45, 7) is 0. The number of aromatic nitrogens is 3. The molecule has 3 aromatic rings. The molecule has 9 heteroatoms. The van der Waals surface area contributed by atoms with Crippen LogP contribution in [0.3, 0.4) is 0 Å². The molecule has 4 unspecified atom stereocenters. The first kappa shape index (κ1) is 20.3. The molecule has 1 aliphatic rings. The van der Waals surface area contributed by atoms with E-state index >= 15 is 0 Å². The van der Waals surface area contributed by atoms with Crippen molar-refractivity contribution in [2.45, 2.75) is 31.0 Å². The van der Waals surface area contributed by atoms with Gasteiger partial charge in [0.2, 0.25) is 0 Å². The molecule has 30 heavy (non-hydrogen) atoms. The molecule has 0 aliphatic carbocycles. The first-order valence-corrected chi connectivity index (χ1v) is 9.78. The van der Waals surface area contributed by atoms with Gasteiger partial charge in [-0.3, -0.25) is 10.2 Å². The van der Waals surface area contributed by atoms with Gasteiger partial charge >= 0.3 is 5.97 Å². The van der Waals surface area contributed by atoms with Crippen molar-refractivity contribution in [1.29, 1.82) is 0 Å². The molecule has 0 radical (unpaired) electrons. The number of nitrogens with zero attached hydrogens (tertiary/aromatic N) is 3. The zero-order valence-electron chi connectivity index (χ0n) is 16.9. The van der Waals surface area contributed by atoms with Gasteiger partial charge in [-0.2, -0.15) is 5.10 Å². The van der Waals surface area contributed by atoms with Crippen LogP contribution in [-0.2, 0) is 16.0 Å². The lowest BCUT2D eigenvalue weighted by atomic mass is 9.78.